The molecule has 5 unspecified atom stereocenters. The van der Waals surface area contributed by atoms with Crippen LogP contribution in [0.5, 0.6) is 0 Å². The Morgan fingerprint density at radius 1 is 1.15 bits per heavy atom. The van der Waals surface area contributed by atoms with Gasteiger partial charge in [-0.2, -0.15) is 0 Å². The van der Waals surface area contributed by atoms with E-state index in [0.29, 0.717) is 32.4 Å². The smallest absolute Gasteiger partial charge is 0.316 e. The second kappa shape index (κ2) is 16.8. The van der Waals surface area contributed by atoms with E-state index < -0.39 is 66.1 Å². The molecule has 0 aromatic carbocycles. The van der Waals surface area contributed by atoms with E-state index in [1.807, 2.05) is 46.7 Å². The number of hydrogen-bond donors (Lipinski definition) is 3. The minimum atomic E-state index is -1.16. The Balaban J connectivity index is 2.01. The SMILES string of the molecule is CC[C@H]1OC(=O)C(C)C(=O)[C@H](C)[C@@H](OC2OC(CNCCF)CC(N(C)C)C2O)[C@](C)(OC)C[C@@H](C)CN[C@H](C)[C@H]2CC(=O)O[C@@]21C. The zero-order chi connectivity index (χ0) is 35.3. The molecular weight excluding hydrogens is 613 g/mol. The number of aliphatic hydroxyl groups excluding tert-OH is 1. The van der Waals surface area contributed by atoms with E-state index in [-0.39, 0.29) is 49.0 Å². The summed E-state index contributed by atoms with van der Waals surface area (Å²) in [6, 6.07) is -0.477. The number of nitrogens with zero attached hydrogens (tertiary/aromatic N) is 1. The summed E-state index contributed by atoms with van der Waals surface area (Å²) in [7, 11) is 5.28. The van der Waals surface area contributed by atoms with Crippen molar-refractivity contribution in [2.75, 3.05) is 47.5 Å². The number of methoxy groups -OCH3 is 1. The van der Waals surface area contributed by atoms with Crippen LogP contribution in [0.4, 0.5) is 4.39 Å². The summed E-state index contributed by atoms with van der Waals surface area (Å²) in [5.74, 6) is -3.74. The van der Waals surface area contributed by atoms with Gasteiger partial charge in [-0.15, -0.1) is 0 Å². The average molecular weight is 674 g/mol. The lowest BCUT2D eigenvalue weighted by Crippen LogP contribution is -2.60. The topological polar surface area (TPSA) is 145 Å². The highest BCUT2D eigenvalue weighted by molar-refractivity contribution is 6.00. The van der Waals surface area contributed by atoms with Gasteiger partial charge in [0.15, 0.2) is 17.7 Å². The van der Waals surface area contributed by atoms with Crippen molar-refractivity contribution in [3.63, 3.8) is 0 Å². The molecule has 3 aliphatic rings. The Morgan fingerprint density at radius 3 is 2.43 bits per heavy atom. The van der Waals surface area contributed by atoms with Crippen LogP contribution in [0.15, 0.2) is 0 Å². The van der Waals surface area contributed by atoms with E-state index in [0.717, 1.165) is 0 Å². The predicted molar refractivity (Wildman–Crippen MR) is 173 cm³/mol. The molecule has 0 amide bonds. The van der Waals surface area contributed by atoms with Gasteiger partial charge in [-0.05, 0) is 73.5 Å². The maximum Gasteiger partial charge on any atom is 0.316 e. The second-order valence-corrected chi connectivity index (χ2v) is 14.6. The number of fused-ring (bicyclic) bond motifs is 1. The number of nitrogens with one attached hydrogen (secondary N) is 2. The number of carbonyl (C=O) groups is 3. The fourth-order valence-electron chi connectivity index (χ4n) is 7.78. The lowest BCUT2D eigenvalue weighted by atomic mass is 9.78. The first-order chi connectivity index (χ1) is 22.0. The number of halogens is 1. The van der Waals surface area contributed by atoms with Crippen molar-refractivity contribution in [2.45, 2.75) is 128 Å². The number of alkyl halides is 1. The Hall–Kier alpha value is -1.74. The number of cyclic esters (lactones) is 1. The van der Waals surface area contributed by atoms with Crippen molar-refractivity contribution in [1.82, 2.24) is 15.5 Å². The predicted octanol–water partition coefficient (Wildman–Crippen LogP) is 2.24. The van der Waals surface area contributed by atoms with Crippen LogP contribution in [0.3, 0.4) is 0 Å². The highest BCUT2D eigenvalue weighted by atomic mass is 19.1. The van der Waals surface area contributed by atoms with Crippen molar-refractivity contribution in [3.05, 3.63) is 0 Å². The summed E-state index contributed by atoms with van der Waals surface area (Å²) >= 11 is 0. The van der Waals surface area contributed by atoms with Crippen molar-refractivity contribution >= 4 is 17.7 Å². The van der Waals surface area contributed by atoms with E-state index in [1.54, 1.807) is 14.0 Å². The molecule has 0 bridgehead atoms. The molecule has 0 radical (unpaired) electrons. The first-order valence-electron chi connectivity index (χ1n) is 17.2. The maximum absolute atomic E-state index is 14.1. The van der Waals surface area contributed by atoms with Gasteiger partial charge in [0, 0.05) is 44.1 Å². The molecule has 3 fully saturated rings. The lowest BCUT2D eigenvalue weighted by Gasteiger charge is -2.47. The van der Waals surface area contributed by atoms with Crippen LogP contribution < -0.4 is 10.6 Å². The van der Waals surface area contributed by atoms with Crippen LogP contribution in [0.25, 0.3) is 0 Å². The van der Waals surface area contributed by atoms with Gasteiger partial charge < -0.3 is 44.3 Å². The molecule has 13 heteroatoms. The number of aliphatic hydroxyl groups is 1. The molecule has 3 heterocycles. The summed E-state index contributed by atoms with van der Waals surface area (Å²) in [4.78, 5) is 42.2. The van der Waals surface area contributed by atoms with Gasteiger partial charge >= 0.3 is 11.9 Å². The summed E-state index contributed by atoms with van der Waals surface area (Å²) in [5.41, 5.74) is -2.11. The number of ketones is 1. The standard InChI is InChI=1S/C34H60FN3O9/c1-11-26-34(7)24(15-27(39)47-34)22(5)37-17-19(2)16-33(6,43-10)30(20(3)28(40)21(4)31(42)45-26)46-32-29(41)25(38(8)9)14-23(44-32)18-36-13-12-35/h19-26,29-30,32,36-37,41H,11-18H2,1-10H3/t19-,20+,21?,22-,23?,24-,25?,26-,29?,30-,32?,33-,34+/m1/s1. The van der Waals surface area contributed by atoms with E-state index in [2.05, 4.69) is 17.6 Å². The third-order valence-electron chi connectivity index (χ3n) is 10.7. The molecule has 3 N–H and O–H groups in total. The number of esters is 2. The molecule has 13 atom stereocenters. The molecule has 272 valence electrons. The summed E-state index contributed by atoms with van der Waals surface area (Å²) in [5, 5.41) is 18.1. The molecule has 3 saturated heterocycles. The van der Waals surface area contributed by atoms with E-state index in [9.17, 15) is 23.9 Å². The number of hydrogen-bond acceptors (Lipinski definition) is 12. The molecule has 0 aromatic rings. The number of likely N-dealkylation sites (N-methyl/N-ethyl adjacent to an activating group) is 1. The third-order valence-corrected chi connectivity index (χ3v) is 10.7. The van der Waals surface area contributed by atoms with E-state index >= 15 is 0 Å². The minimum absolute atomic E-state index is 0.0202. The van der Waals surface area contributed by atoms with Gasteiger partial charge in [-0.3, -0.25) is 14.4 Å². The lowest BCUT2D eigenvalue weighted by molar-refractivity contribution is -0.297. The summed E-state index contributed by atoms with van der Waals surface area (Å²) in [6.07, 6.45) is -2.72. The summed E-state index contributed by atoms with van der Waals surface area (Å²) < 4.78 is 43.7. The number of Topliss-reactive ketones (excluding diaryl/α,β-unsaturated/α-hetero) is 1. The Labute approximate surface area is 280 Å². The van der Waals surface area contributed by atoms with Crippen molar-refractivity contribution in [2.24, 2.45) is 23.7 Å². The zero-order valence-electron chi connectivity index (χ0n) is 30.0. The van der Waals surface area contributed by atoms with Gasteiger partial charge in [0.25, 0.3) is 0 Å². The Kier molecular flexibility index (Phi) is 14.2. The largest absolute Gasteiger partial charge is 0.458 e. The molecule has 0 spiro atoms. The van der Waals surface area contributed by atoms with Gasteiger partial charge in [-0.1, -0.05) is 20.8 Å². The van der Waals surface area contributed by atoms with Crippen LogP contribution >= 0.6 is 0 Å². The Morgan fingerprint density at radius 2 is 1.83 bits per heavy atom. The van der Waals surface area contributed by atoms with Gasteiger partial charge in [0.2, 0.25) is 0 Å². The molecule has 47 heavy (non-hydrogen) atoms. The molecular formula is C34H60FN3O9. The molecule has 0 aliphatic carbocycles. The highest BCUT2D eigenvalue weighted by Gasteiger charge is 2.55. The summed E-state index contributed by atoms with van der Waals surface area (Å²) in [6.45, 7) is 13.4. The molecule has 0 aromatic heterocycles. The van der Waals surface area contributed by atoms with Crippen molar-refractivity contribution < 1.29 is 47.6 Å². The normalized spacial score (nSPS) is 42.7. The van der Waals surface area contributed by atoms with Gasteiger partial charge in [0.05, 0.1) is 24.2 Å². The second-order valence-electron chi connectivity index (χ2n) is 14.6. The minimum Gasteiger partial charge on any atom is -0.458 e. The number of rotatable bonds is 9. The van der Waals surface area contributed by atoms with Crippen LogP contribution in [0.1, 0.15) is 74.1 Å². The van der Waals surface area contributed by atoms with Crippen molar-refractivity contribution in [3.8, 4) is 0 Å². The Bertz CT molecular complexity index is 1070. The first kappa shape index (κ1) is 39.7. The molecule has 3 aliphatic heterocycles. The van der Waals surface area contributed by atoms with Crippen LogP contribution in [0, 0.1) is 23.7 Å². The fraction of sp³-hybridized carbons (Fsp3) is 0.912. The molecule has 3 rings (SSSR count). The van der Waals surface area contributed by atoms with Crippen LogP contribution in [-0.4, -0.2) is 129 Å². The average Bonchev–Trinajstić information content (AvgIpc) is 3.34. The van der Waals surface area contributed by atoms with E-state index in [1.165, 1.54) is 6.92 Å². The maximum atomic E-state index is 14.1. The first-order valence-corrected chi connectivity index (χ1v) is 17.2. The van der Waals surface area contributed by atoms with E-state index in [4.69, 9.17) is 23.7 Å². The van der Waals surface area contributed by atoms with Crippen LogP contribution in [-0.2, 0) is 38.1 Å². The third kappa shape index (κ3) is 9.09. The zero-order valence-corrected chi connectivity index (χ0v) is 30.0. The number of carbonyl (C=O) groups excluding carboxylic acids is 3. The molecule has 0 saturated carbocycles. The van der Waals surface area contributed by atoms with Crippen molar-refractivity contribution in [1.29, 1.82) is 0 Å². The quantitative estimate of drug-likeness (QED) is 0.188. The monoisotopic (exact) mass is 673 g/mol. The highest BCUT2D eigenvalue weighted by Crippen LogP contribution is 2.41. The van der Waals surface area contributed by atoms with Crippen LogP contribution in [0.2, 0.25) is 0 Å². The fourth-order valence-corrected chi connectivity index (χ4v) is 7.78. The van der Waals surface area contributed by atoms with Gasteiger partial charge in [-0.25, -0.2) is 4.39 Å². The van der Waals surface area contributed by atoms with Gasteiger partial charge in [0.1, 0.15) is 24.8 Å². The molecule has 12 nitrogen and oxygen atoms in total. The number of ether oxygens (including phenoxy) is 5.